The van der Waals surface area contributed by atoms with E-state index in [-0.39, 0.29) is 17.8 Å². The molecule has 0 amide bonds. The smallest absolute Gasteiger partial charge is 0.330 e. The fraction of sp³-hybridized carbons (Fsp3) is 0.750. The Morgan fingerprint density at radius 3 is 2.43 bits per heavy atom. The zero-order valence-corrected chi connectivity index (χ0v) is 12.6. The summed E-state index contributed by atoms with van der Waals surface area (Å²) in [6, 6.07) is 0. The fourth-order valence-corrected chi connectivity index (χ4v) is 3.13. The SMILES string of the molecule is COC(=O)C=CCCCC[C@@H]1[C@@H](CCC=O)[C@H](O)C[C@@H]1O. The number of aliphatic hydroxyl groups excluding tert-OH is 2. The minimum absolute atomic E-state index is 0.0239. The van der Waals surface area contributed by atoms with Crippen LogP contribution in [0.5, 0.6) is 0 Å². The lowest BCUT2D eigenvalue weighted by atomic mass is 9.86. The first-order chi connectivity index (χ1) is 10.1. The molecule has 1 rings (SSSR count). The molecule has 120 valence electrons. The Bertz CT molecular complexity index is 353. The van der Waals surface area contributed by atoms with E-state index in [1.54, 1.807) is 6.08 Å². The van der Waals surface area contributed by atoms with Crippen molar-refractivity contribution in [3.05, 3.63) is 12.2 Å². The minimum atomic E-state index is -0.496. The second-order valence-corrected chi connectivity index (χ2v) is 5.65. The number of esters is 1. The monoisotopic (exact) mass is 298 g/mol. The van der Waals surface area contributed by atoms with Gasteiger partial charge in [0.2, 0.25) is 0 Å². The van der Waals surface area contributed by atoms with E-state index in [0.29, 0.717) is 19.3 Å². The van der Waals surface area contributed by atoms with Crippen LogP contribution in [0, 0.1) is 11.8 Å². The lowest BCUT2D eigenvalue weighted by Crippen LogP contribution is -2.22. The van der Waals surface area contributed by atoms with Gasteiger partial charge in [0, 0.05) is 12.5 Å². The summed E-state index contributed by atoms with van der Waals surface area (Å²) in [5, 5.41) is 20.0. The second-order valence-electron chi connectivity index (χ2n) is 5.65. The molecule has 0 aromatic heterocycles. The van der Waals surface area contributed by atoms with Crippen LogP contribution in [0.4, 0.5) is 0 Å². The van der Waals surface area contributed by atoms with Crippen molar-refractivity contribution in [2.24, 2.45) is 11.8 Å². The van der Waals surface area contributed by atoms with E-state index in [0.717, 1.165) is 32.0 Å². The largest absolute Gasteiger partial charge is 0.466 e. The van der Waals surface area contributed by atoms with Gasteiger partial charge in [-0.2, -0.15) is 0 Å². The van der Waals surface area contributed by atoms with Gasteiger partial charge in [-0.05, 0) is 43.9 Å². The number of rotatable bonds is 9. The van der Waals surface area contributed by atoms with Crippen molar-refractivity contribution in [1.29, 1.82) is 0 Å². The van der Waals surface area contributed by atoms with E-state index in [4.69, 9.17) is 0 Å². The number of ether oxygens (including phenoxy) is 1. The van der Waals surface area contributed by atoms with Crippen molar-refractivity contribution < 1.29 is 24.5 Å². The summed E-state index contributed by atoms with van der Waals surface area (Å²) < 4.78 is 4.50. The number of carbonyl (C=O) groups excluding carboxylic acids is 2. The normalized spacial score (nSPS) is 28.9. The molecule has 0 bridgehead atoms. The van der Waals surface area contributed by atoms with Crippen LogP contribution in [0.3, 0.4) is 0 Å². The second kappa shape index (κ2) is 9.68. The fourth-order valence-electron chi connectivity index (χ4n) is 3.13. The lowest BCUT2D eigenvalue weighted by molar-refractivity contribution is -0.134. The maximum Gasteiger partial charge on any atom is 0.330 e. The first kappa shape index (κ1) is 17.9. The molecule has 0 radical (unpaired) electrons. The van der Waals surface area contributed by atoms with Crippen LogP contribution in [-0.4, -0.2) is 41.8 Å². The first-order valence-electron chi connectivity index (χ1n) is 7.64. The van der Waals surface area contributed by atoms with Gasteiger partial charge in [-0.25, -0.2) is 4.79 Å². The highest BCUT2D eigenvalue weighted by Gasteiger charge is 2.40. The number of methoxy groups -OCH3 is 1. The Balaban J connectivity index is 2.29. The van der Waals surface area contributed by atoms with Crippen LogP contribution in [0.15, 0.2) is 12.2 Å². The third-order valence-corrected chi connectivity index (χ3v) is 4.25. The van der Waals surface area contributed by atoms with Gasteiger partial charge in [0.1, 0.15) is 6.29 Å². The summed E-state index contributed by atoms with van der Waals surface area (Å²) in [5.74, 6) is -0.251. The third kappa shape index (κ3) is 5.98. The van der Waals surface area contributed by atoms with Gasteiger partial charge in [-0.1, -0.05) is 12.5 Å². The Hall–Kier alpha value is -1.20. The predicted octanol–water partition coefficient (Wildman–Crippen LogP) is 1.61. The third-order valence-electron chi connectivity index (χ3n) is 4.25. The van der Waals surface area contributed by atoms with Crippen molar-refractivity contribution in [2.75, 3.05) is 7.11 Å². The van der Waals surface area contributed by atoms with Crippen molar-refractivity contribution in [2.45, 2.75) is 57.2 Å². The van der Waals surface area contributed by atoms with Crippen LogP contribution in [0.1, 0.15) is 44.9 Å². The number of unbranched alkanes of at least 4 members (excludes halogenated alkanes) is 2. The zero-order chi connectivity index (χ0) is 15.7. The molecule has 1 saturated carbocycles. The van der Waals surface area contributed by atoms with Crippen LogP contribution in [0.25, 0.3) is 0 Å². The highest BCUT2D eigenvalue weighted by molar-refractivity contribution is 5.81. The molecular weight excluding hydrogens is 272 g/mol. The maximum atomic E-state index is 10.9. The molecule has 1 fully saturated rings. The summed E-state index contributed by atoms with van der Waals surface area (Å²) in [7, 11) is 1.35. The molecule has 1 aliphatic carbocycles. The summed E-state index contributed by atoms with van der Waals surface area (Å²) in [5.41, 5.74) is 0. The average Bonchev–Trinajstić information content (AvgIpc) is 2.74. The molecular formula is C16H26O5. The molecule has 1 aliphatic rings. The maximum absolute atomic E-state index is 10.9. The zero-order valence-electron chi connectivity index (χ0n) is 12.6. The molecule has 0 aromatic rings. The number of allylic oxidation sites excluding steroid dienone is 1. The van der Waals surface area contributed by atoms with Gasteiger partial charge < -0.3 is 19.7 Å². The van der Waals surface area contributed by atoms with Crippen molar-refractivity contribution >= 4 is 12.3 Å². The van der Waals surface area contributed by atoms with E-state index in [9.17, 15) is 19.8 Å². The van der Waals surface area contributed by atoms with Gasteiger partial charge in [0.05, 0.1) is 19.3 Å². The average molecular weight is 298 g/mol. The first-order valence-corrected chi connectivity index (χ1v) is 7.64. The molecule has 0 aliphatic heterocycles. The Labute approximate surface area is 126 Å². The molecule has 2 N–H and O–H groups in total. The van der Waals surface area contributed by atoms with E-state index >= 15 is 0 Å². The Morgan fingerprint density at radius 2 is 1.81 bits per heavy atom. The van der Waals surface area contributed by atoms with Crippen molar-refractivity contribution in [1.82, 2.24) is 0 Å². The molecule has 0 heterocycles. The molecule has 5 heteroatoms. The van der Waals surface area contributed by atoms with Crippen LogP contribution < -0.4 is 0 Å². The van der Waals surface area contributed by atoms with E-state index in [1.807, 2.05) is 0 Å². The highest BCUT2D eigenvalue weighted by atomic mass is 16.5. The summed E-state index contributed by atoms with van der Waals surface area (Å²) in [4.78, 5) is 21.4. The molecule has 0 saturated heterocycles. The van der Waals surface area contributed by atoms with Crippen LogP contribution in [-0.2, 0) is 14.3 Å². The van der Waals surface area contributed by atoms with Crippen molar-refractivity contribution in [3.8, 4) is 0 Å². The molecule has 0 spiro atoms. The van der Waals surface area contributed by atoms with Gasteiger partial charge in [-0.15, -0.1) is 0 Å². The number of aliphatic hydroxyl groups is 2. The number of hydrogen-bond donors (Lipinski definition) is 2. The van der Waals surface area contributed by atoms with E-state index in [2.05, 4.69) is 4.74 Å². The molecule has 0 aromatic carbocycles. The lowest BCUT2D eigenvalue weighted by Gasteiger charge is -2.22. The molecule has 0 unspecified atom stereocenters. The molecule has 4 atom stereocenters. The van der Waals surface area contributed by atoms with Crippen LogP contribution >= 0.6 is 0 Å². The Kier molecular flexibility index (Phi) is 8.23. The van der Waals surface area contributed by atoms with E-state index < -0.39 is 12.2 Å². The van der Waals surface area contributed by atoms with Gasteiger partial charge in [0.25, 0.3) is 0 Å². The number of carbonyl (C=O) groups is 2. The van der Waals surface area contributed by atoms with Gasteiger partial charge >= 0.3 is 5.97 Å². The Morgan fingerprint density at radius 1 is 1.14 bits per heavy atom. The van der Waals surface area contributed by atoms with E-state index in [1.165, 1.54) is 13.2 Å². The van der Waals surface area contributed by atoms with Gasteiger partial charge in [-0.3, -0.25) is 0 Å². The standard InChI is InChI=1S/C16H26O5/c1-21-16(20)9-5-3-2-4-7-12-13(8-6-10-17)15(19)11-14(12)18/h5,9-10,12-15,18-19H,2-4,6-8,11H2,1H3/t12-,13-,14+,15-/m1/s1. The predicted molar refractivity (Wildman–Crippen MR) is 78.5 cm³/mol. The topological polar surface area (TPSA) is 83.8 Å². The van der Waals surface area contributed by atoms with Gasteiger partial charge in [0.15, 0.2) is 0 Å². The molecule has 5 nitrogen and oxygen atoms in total. The summed E-state index contributed by atoms with van der Waals surface area (Å²) in [6.07, 6.45) is 8.09. The number of aldehydes is 1. The van der Waals surface area contributed by atoms with Crippen LogP contribution in [0.2, 0.25) is 0 Å². The minimum Gasteiger partial charge on any atom is -0.466 e. The van der Waals surface area contributed by atoms with Crippen molar-refractivity contribution in [3.63, 3.8) is 0 Å². The summed E-state index contributed by atoms with van der Waals surface area (Å²) >= 11 is 0. The quantitative estimate of drug-likeness (QED) is 0.292. The summed E-state index contributed by atoms with van der Waals surface area (Å²) in [6.45, 7) is 0. The number of hydrogen-bond acceptors (Lipinski definition) is 5. The molecule has 21 heavy (non-hydrogen) atoms. The highest BCUT2D eigenvalue weighted by Crippen LogP contribution is 2.38.